The predicted octanol–water partition coefficient (Wildman–Crippen LogP) is 2.33. The van der Waals surface area contributed by atoms with Crippen LogP contribution in [0.2, 0.25) is 0 Å². The summed E-state index contributed by atoms with van der Waals surface area (Å²) in [5.41, 5.74) is 1.00. The van der Waals surface area contributed by atoms with Crippen molar-refractivity contribution in [3.05, 3.63) is 53.0 Å². The second kappa shape index (κ2) is 10.9. The van der Waals surface area contributed by atoms with E-state index in [2.05, 4.69) is 15.5 Å². The van der Waals surface area contributed by atoms with E-state index < -0.39 is 48.7 Å². The monoisotopic (exact) mass is 520 g/mol. The molecular formula is C25H30F2N4O6. The number of nitrogens with zero attached hydrogens (tertiary/aromatic N) is 4. The summed E-state index contributed by atoms with van der Waals surface area (Å²) in [6.45, 7) is 2.27. The Morgan fingerprint density at radius 3 is 2.54 bits per heavy atom. The molecule has 4 heterocycles. The Kier molecular flexibility index (Phi) is 7.63. The molecule has 2 saturated heterocycles. The molecule has 0 aliphatic carbocycles. The second-order valence-electron chi connectivity index (χ2n) is 9.54. The number of methoxy groups -OCH3 is 1. The van der Waals surface area contributed by atoms with Crippen LogP contribution in [0.1, 0.15) is 41.8 Å². The lowest BCUT2D eigenvalue weighted by Gasteiger charge is -2.43. The number of ether oxygens (including phenoxy) is 3. The van der Waals surface area contributed by atoms with Gasteiger partial charge >= 0.3 is 0 Å². The molecule has 12 heteroatoms. The van der Waals surface area contributed by atoms with Crippen molar-refractivity contribution < 1.29 is 37.7 Å². The van der Waals surface area contributed by atoms with Crippen LogP contribution in [0.3, 0.4) is 0 Å². The number of aliphatic hydroxyl groups is 2. The van der Waals surface area contributed by atoms with Gasteiger partial charge in [-0.05, 0) is 31.9 Å². The van der Waals surface area contributed by atoms with E-state index in [4.69, 9.17) is 18.7 Å². The molecule has 10 nitrogen and oxygen atoms in total. The second-order valence-corrected chi connectivity index (χ2v) is 9.54. The summed E-state index contributed by atoms with van der Waals surface area (Å²) in [4.78, 5) is 0. The first-order chi connectivity index (χ1) is 17.9. The molecule has 2 aliphatic heterocycles. The summed E-state index contributed by atoms with van der Waals surface area (Å²) in [5.74, 6) is -0.362. The molecule has 1 aromatic carbocycles. The van der Waals surface area contributed by atoms with E-state index >= 15 is 0 Å². The Labute approximate surface area is 212 Å². The van der Waals surface area contributed by atoms with Crippen molar-refractivity contribution in [1.82, 2.24) is 20.2 Å². The molecule has 0 amide bonds. The molecule has 2 aliphatic rings. The molecule has 2 N–H and O–H groups in total. The molecule has 37 heavy (non-hydrogen) atoms. The summed E-state index contributed by atoms with van der Waals surface area (Å²) in [6.07, 6.45) is 0.0826. The molecule has 200 valence electrons. The Balaban J connectivity index is 1.40. The third-order valence-corrected chi connectivity index (χ3v) is 7.24. The lowest BCUT2D eigenvalue weighted by Crippen LogP contribution is -2.57. The standard InChI is InChI=1S/C25H30F2N4O6/c1-13-17(26)7-15(8-18(13)27)19-11-31(30-28-19)23-24(33)22(12-32)36-21(25(23)34-2)10-16-9-20(37-29-16)14-3-5-35-6-4-14/h7-9,11,14,21-25,32-33H,3-6,10,12H2,1-2H3/t21-,22-,23+,24+,25+/m1/s1. The smallest absolute Gasteiger partial charge is 0.140 e. The van der Waals surface area contributed by atoms with Gasteiger partial charge < -0.3 is 28.9 Å². The van der Waals surface area contributed by atoms with Gasteiger partial charge in [-0.2, -0.15) is 0 Å². The normalized spacial score (nSPS) is 27.0. The van der Waals surface area contributed by atoms with Gasteiger partial charge in [-0.1, -0.05) is 10.4 Å². The van der Waals surface area contributed by atoms with Gasteiger partial charge in [0.2, 0.25) is 0 Å². The third kappa shape index (κ3) is 5.16. The van der Waals surface area contributed by atoms with Crippen LogP contribution >= 0.6 is 0 Å². The molecular weight excluding hydrogens is 490 g/mol. The van der Waals surface area contributed by atoms with Crippen LogP contribution in [0.5, 0.6) is 0 Å². The predicted molar refractivity (Wildman–Crippen MR) is 125 cm³/mol. The minimum absolute atomic E-state index is 0.0862. The SMILES string of the molecule is CO[C@@H]1[C@@H](n2cc(-c3cc(F)c(C)c(F)c3)nn2)[C@@H](O)[C@@H](CO)O[C@@H]1Cc1cc(C2CCOCC2)on1. The average Bonchev–Trinajstić information content (AvgIpc) is 3.58. The van der Waals surface area contributed by atoms with Gasteiger partial charge in [0.1, 0.15) is 47.4 Å². The quantitative estimate of drug-likeness (QED) is 0.483. The van der Waals surface area contributed by atoms with Gasteiger partial charge in [0.15, 0.2) is 0 Å². The molecule has 0 unspecified atom stereocenters. The Bertz CT molecular complexity index is 1190. The van der Waals surface area contributed by atoms with Crippen molar-refractivity contribution in [3.63, 3.8) is 0 Å². The minimum Gasteiger partial charge on any atom is -0.394 e. The highest BCUT2D eigenvalue weighted by Crippen LogP contribution is 2.35. The molecule has 2 fully saturated rings. The van der Waals surface area contributed by atoms with Crippen molar-refractivity contribution in [1.29, 1.82) is 0 Å². The zero-order valence-corrected chi connectivity index (χ0v) is 20.6. The van der Waals surface area contributed by atoms with Crippen LogP contribution in [0.4, 0.5) is 8.78 Å². The van der Waals surface area contributed by atoms with Gasteiger partial charge in [0, 0.05) is 49.9 Å². The fourth-order valence-corrected chi connectivity index (χ4v) is 5.08. The molecule has 0 spiro atoms. The van der Waals surface area contributed by atoms with E-state index in [1.807, 2.05) is 6.07 Å². The number of hydrogen-bond acceptors (Lipinski definition) is 9. The van der Waals surface area contributed by atoms with E-state index in [1.54, 1.807) is 0 Å². The molecule has 3 aromatic rings. The van der Waals surface area contributed by atoms with E-state index in [0.717, 1.165) is 18.6 Å². The number of benzene rings is 1. The van der Waals surface area contributed by atoms with Crippen LogP contribution in [0, 0.1) is 18.6 Å². The molecule has 0 radical (unpaired) electrons. The zero-order valence-electron chi connectivity index (χ0n) is 20.6. The molecule has 0 bridgehead atoms. The summed E-state index contributed by atoms with van der Waals surface area (Å²) in [5, 5.41) is 33.3. The Hall–Kier alpha value is -2.77. The van der Waals surface area contributed by atoms with Crippen LogP contribution in [-0.4, -0.2) is 81.7 Å². The first-order valence-corrected chi connectivity index (χ1v) is 12.3. The average molecular weight is 521 g/mol. The van der Waals surface area contributed by atoms with Crippen molar-refractivity contribution >= 4 is 0 Å². The maximum Gasteiger partial charge on any atom is 0.140 e. The third-order valence-electron chi connectivity index (χ3n) is 7.24. The molecule has 5 atom stereocenters. The highest BCUT2D eigenvalue weighted by molar-refractivity contribution is 5.58. The number of rotatable bonds is 7. The van der Waals surface area contributed by atoms with E-state index in [9.17, 15) is 19.0 Å². The lowest BCUT2D eigenvalue weighted by molar-refractivity contribution is -0.212. The number of aromatic nitrogens is 4. The van der Waals surface area contributed by atoms with Gasteiger partial charge in [0.25, 0.3) is 0 Å². The van der Waals surface area contributed by atoms with Gasteiger partial charge in [-0.3, -0.25) is 0 Å². The zero-order chi connectivity index (χ0) is 26.1. The van der Waals surface area contributed by atoms with Gasteiger partial charge in [0.05, 0.1) is 24.6 Å². The maximum absolute atomic E-state index is 14.1. The topological polar surface area (TPSA) is 125 Å². The van der Waals surface area contributed by atoms with E-state index in [0.29, 0.717) is 25.3 Å². The first-order valence-electron chi connectivity index (χ1n) is 12.3. The summed E-state index contributed by atoms with van der Waals surface area (Å²) in [6, 6.07) is 3.46. The van der Waals surface area contributed by atoms with Crippen LogP contribution in [-0.2, 0) is 20.6 Å². The van der Waals surface area contributed by atoms with Crippen LogP contribution in [0.15, 0.2) is 28.9 Å². The number of hydrogen-bond donors (Lipinski definition) is 2. The van der Waals surface area contributed by atoms with E-state index in [-0.39, 0.29) is 22.7 Å². The van der Waals surface area contributed by atoms with Gasteiger partial charge in [-0.15, -0.1) is 5.10 Å². The molecule has 5 rings (SSSR count). The minimum atomic E-state index is -1.19. The van der Waals surface area contributed by atoms with E-state index in [1.165, 1.54) is 37.0 Å². The number of halogens is 2. The molecule has 0 saturated carbocycles. The van der Waals surface area contributed by atoms with Crippen molar-refractivity contribution in [2.45, 2.75) is 62.6 Å². The highest BCUT2D eigenvalue weighted by Gasteiger charge is 2.47. The summed E-state index contributed by atoms with van der Waals surface area (Å²) < 4.78 is 52.4. The lowest BCUT2D eigenvalue weighted by atomic mass is 9.90. The fraction of sp³-hybridized carbons (Fsp3) is 0.560. The van der Waals surface area contributed by atoms with Gasteiger partial charge in [-0.25, -0.2) is 13.5 Å². The van der Waals surface area contributed by atoms with Crippen molar-refractivity contribution in [2.75, 3.05) is 26.9 Å². The summed E-state index contributed by atoms with van der Waals surface area (Å²) >= 11 is 0. The maximum atomic E-state index is 14.1. The van der Waals surface area contributed by atoms with Crippen LogP contribution < -0.4 is 0 Å². The highest BCUT2D eigenvalue weighted by atomic mass is 19.1. The number of aliphatic hydroxyl groups excluding tert-OH is 2. The largest absolute Gasteiger partial charge is 0.394 e. The molecule has 2 aromatic heterocycles. The Morgan fingerprint density at radius 1 is 1.14 bits per heavy atom. The van der Waals surface area contributed by atoms with Crippen molar-refractivity contribution in [2.24, 2.45) is 0 Å². The van der Waals surface area contributed by atoms with Crippen LogP contribution in [0.25, 0.3) is 11.3 Å². The Morgan fingerprint density at radius 2 is 1.86 bits per heavy atom. The van der Waals surface area contributed by atoms with Crippen molar-refractivity contribution in [3.8, 4) is 11.3 Å². The fourth-order valence-electron chi connectivity index (χ4n) is 5.08. The summed E-state index contributed by atoms with van der Waals surface area (Å²) in [7, 11) is 1.48. The first kappa shape index (κ1) is 25.9.